The number of halogens is 3. The van der Waals surface area contributed by atoms with Gasteiger partial charge < -0.3 is 4.42 Å². The number of benzene rings is 1. The van der Waals surface area contributed by atoms with Gasteiger partial charge in [-0.1, -0.05) is 0 Å². The minimum absolute atomic E-state index is 0.284. The lowest BCUT2D eigenvalue weighted by Gasteiger charge is -1.98. The third-order valence-corrected chi connectivity index (χ3v) is 3.02. The Morgan fingerprint density at radius 3 is 2.88 bits per heavy atom. The fourth-order valence-corrected chi connectivity index (χ4v) is 2.08. The van der Waals surface area contributed by atoms with Crippen molar-refractivity contribution in [2.24, 2.45) is 0 Å². The Morgan fingerprint density at radius 2 is 2.19 bits per heavy atom. The van der Waals surface area contributed by atoms with Crippen molar-refractivity contribution in [3.05, 3.63) is 33.5 Å². The minimum Gasteiger partial charge on any atom is -0.421 e. The third kappa shape index (κ3) is 2.52. The molecule has 84 valence electrons. The van der Waals surface area contributed by atoms with Crippen LogP contribution in [-0.2, 0) is 6.42 Å². The van der Waals surface area contributed by atoms with E-state index in [9.17, 15) is 4.39 Å². The number of aryl methyl sites for hydroxylation is 1. The molecule has 0 saturated heterocycles. The van der Waals surface area contributed by atoms with Gasteiger partial charge in [-0.05, 0) is 40.8 Å². The molecule has 0 bridgehead atoms. The Balaban J connectivity index is 2.35. The Bertz CT molecular complexity index is 503. The Morgan fingerprint density at radius 1 is 1.38 bits per heavy atom. The van der Waals surface area contributed by atoms with E-state index in [4.69, 9.17) is 16.0 Å². The van der Waals surface area contributed by atoms with E-state index in [1.807, 2.05) is 22.6 Å². The average molecular weight is 353 g/mol. The van der Waals surface area contributed by atoms with Crippen molar-refractivity contribution in [3.8, 4) is 11.5 Å². The van der Waals surface area contributed by atoms with E-state index < -0.39 is 0 Å². The zero-order chi connectivity index (χ0) is 11.5. The van der Waals surface area contributed by atoms with E-state index in [-0.39, 0.29) is 5.82 Å². The molecule has 1 aromatic carbocycles. The SMILES string of the molecule is Fc1ccc(-c2nnc(CCCl)o2)c(I)c1. The first-order valence-electron chi connectivity index (χ1n) is 4.54. The van der Waals surface area contributed by atoms with E-state index in [0.29, 0.717) is 24.1 Å². The van der Waals surface area contributed by atoms with E-state index >= 15 is 0 Å². The molecule has 0 amide bonds. The monoisotopic (exact) mass is 352 g/mol. The molecule has 16 heavy (non-hydrogen) atoms. The molecule has 3 nitrogen and oxygen atoms in total. The maximum absolute atomic E-state index is 12.9. The lowest BCUT2D eigenvalue weighted by Crippen LogP contribution is -1.84. The fraction of sp³-hybridized carbons (Fsp3) is 0.200. The molecule has 1 heterocycles. The highest BCUT2D eigenvalue weighted by atomic mass is 127. The molecule has 0 spiro atoms. The van der Waals surface area contributed by atoms with E-state index in [2.05, 4.69) is 10.2 Å². The van der Waals surface area contributed by atoms with Gasteiger partial charge in [0, 0.05) is 15.9 Å². The van der Waals surface area contributed by atoms with Crippen LogP contribution in [0.1, 0.15) is 5.89 Å². The smallest absolute Gasteiger partial charge is 0.248 e. The van der Waals surface area contributed by atoms with Crippen molar-refractivity contribution >= 4 is 34.2 Å². The normalized spacial score (nSPS) is 10.7. The van der Waals surface area contributed by atoms with Crippen molar-refractivity contribution in [2.75, 3.05) is 5.88 Å². The summed E-state index contributed by atoms with van der Waals surface area (Å²) in [6.45, 7) is 0. The summed E-state index contributed by atoms with van der Waals surface area (Å²) >= 11 is 7.59. The molecular formula is C10H7ClFIN2O. The number of hydrogen-bond donors (Lipinski definition) is 0. The van der Waals surface area contributed by atoms with Crippen LogP contribution in [0.3, 0.4) is 0 Å². The second kappa shape index (κ2) is 5.09. The first-order valence-corrected chi connectivity index (χ1v) is 6.16. The lowest BCUT2D eigenvalue weighted by molar-refractivity contribution is 0.513. The summed E-state index contributed by atoms with van der Waals surface area (Å²) < 4.78 is 19.0. The van der Waals surface area contributed by atoms with Crippen LogP contribution in [0.25, 0.3) is 11.5 Å². The highest BCUT2D eigenvalue weighted by Gasteiger charge is 2.11. The van der Waals surface area contributed by atoms with E-state index in [1.165, 1.54) is 12.1 Å². The Labute approximate surface area is 110 Å². The predicted molar refractivity (Wildman–Crippen MR) is 66.8 cm³/mol. The van der Waals surface area contributed by atoms with Gasteiger partial charge in [0.2, 0.25) is 11.8 Å². The molecule has 0 saturated carbocycles. The summed E-state index contributed by atoms with van der Waals surface area (Å²) in [5.41, 5.74) is 0.732. The third-order valence-electron chi connectivity index (χ3n) is 1.94. The van der Waals surface area contributed by atoms with Gasteiger partial charge in [0.05, 0.1) is 5.56 Å². The lowest BCUT2D eigenvalue weighted by atomic mass is 10.2. The minimum atomic E-state index is -0.284. The molecule has 0 aliphatic rings. The van der Waals surface area contributed by atoms with Crippen LogP contribution in [0.4, 0.5) is 4.39 Å². The summed E-state index contributed by atoms with van der Waals surface area (Å²) in [6.07, 6.45) is 0.534. The van der Waals surface area contributed by atoms with Gasteiger partial charge in [-0.15, -0.1) is 21.8 Å². The van der Waals surface area contributed by atoms with Crippen LogP contribution in [0.15, 0.2) is 22.6 Å². The molecule has 0 fully saturated rings. The quantitative estimate of drug-likeness (QED) is 0.629. The Kier molecular flexibility index (Phi) is 3.75. The van der Waals surface area contributed by atoms with Gasteiger partial charge in [0.25, 0.3) is 0 Å². The van der Waals surface area contributed by atoms with Crippen LogP contribution >= 0.6 is 34.2 Å². The van der Waals surface area contributed by atoms with Gasteiger partial charge in [-0.25, -0.2) is 4.39 Å². The topological polar surface area (TPSA) is 38.9 Å². The van der Waals surface area contributed by atoms with Crippen molar-refractivity contribution in [3.63, 3.8) is 0 Å². The van der Waals surface area contributed by atoms with Gasteiger partial charge in [0.1, 0.15) is 5.82 Å². The van der Waals surface area contributed by atoms with Crippen molar-refractivity contribution in [2.45, 2.75) is 6.42 Å². The number of rotatable bonds is 3. The number of nitrogens with zero attached hydrogens (tertiary/aromatic N) is 2. The fourth-order valence-electron chi connectivity index (χ4n) is 1.21. The number of aromatic nitrogens is 2. The maximum Gasteiger partial charge on any atom is 0.248 e. The van der Waals surface area contributed by atoms with Crippen molar-refractivity contribution in [1.29, 1.82) is 0 Å². The van der Waals surface area contributed by atoms with Gasteiger partial charge >= 0.3 is 0 Å². The van der Waals surface area contributed by atoms with Gasteiger partial charge in [-0.2, -0.15) is 0 Å². The molecule has 0 atom stereocenters. The van der Waals surface area contributed by atoms with Crippen molar-refractivity contribution in [1.82, 2.24) is 10.2 Å². The highest BCUT2D eigenvalue weighted by molar-refractivity contribution is 14.1. The summed E-state index contributed by atoms with van der Waals surface area (Å²) in [6, 6.07) is 4.40. The molecule has 6 heteroatoms. The summed E-state index contributed by atoms with van der Waals surface area (Å²) in [7, 11) is 0. The second-order valence-corrected chi connectivity index (χ2v) is 4.60. The van der Waals surface area contributed by atoms with Gasteiger partial charge in [0.15, 0.2) is 0 Å². The molecule has 0 aliphatic carbocycles. The van der Waals surface area contributed by atoms with Crippen molar-refractivity contribution < 1.29 is 8.81 Å². The molecule has 1 aromatic heterocycles. The summed E-state index contributed by atoms with van der Waals surface area (Å²) in [5, 5.41) is 7.74. The first kappa shape index (κ1) is 11.8. The zero-order valence-electron chi connectivity index (χ0n) is 8.08. The predicted octanol–water partition coefficient (Wildman–Crippen LogP) is 3.26. The standard InChI is InChI=1S/C10H7ClFIN2O/c11-4-3-9-14-15-10(16-9)7-2-1-6(12)5-8(7)13/h1-2,5H,3-4H2. The van der Waals surface area contributed by atoms with Crippen LogP contribution in [0.5, 0.6) is 0 Å². The van der Waals surface area contributed by atoms with Crippen LogP contribution < -0.4 is 0 Å². The van der Waals surface area contributed by atoms with E-state index in [1.54, 1.807) is 6.07 Å². The van der Waals surface area contributed by atoms with Gasteiger partial charge in [-0.3, -0.25) is 0 Å². The molecule has 0 aliphatic heterocycles. The molecular weight excluding hydrogens is 345 g/mol. The second-order valence-electron chi connectivity index (χ2n) is 3.06. The molecule has 2 aromatic rings. The highest BCUT2D eigenvalue weighted by Crippen LogP contribution is 2.24. The van der Waals surface area contributed by atoms with Crippen LogP contribution in [0.2, 0.25) is 0 Å². The van der Waals surface area contributed by atoms with Crippen LogP contribution in [-0.4, -0.2) is 16.1 Å². The molecule has 0 radical (unpaired) electrons. The van der Waals surface area contributed by atoms with E-state index in [0.717, 1.165) is 9.13 Å². The molecule has 0 unspecified atom stereocenters. The number of alkyl halides is 1. The molecule has 2 rings (SSSR count). The molecule has 0 N–H and O–H groups in total. The number of hydrogen-bond acceptors (Lipinski definition) is 3. The summed E-state index contributed by atoms with van der Waals surface area (Å²) in [5.74, 6) is 1.03. The van der Waals surface area contributed by atoms with Crippen LogP contribution in [0, 0.1) is 9.39 Å². The first-order chi connectivity index (χ1) is 7.70. The largest absolute Gasteiger partial charge is 0.421 e. The average Bonchev–Trinajstić information content (AvgIpc) is 2.67. The zero-order valence-corrected chi connectivity index (χ0v) is 11.0. The maximum atomic E-state index is 12.9. The summed E-state index contributed by atoms with van der Waals surface area (Å²) in [4.78, 5) is 0. The Hall–Kier alpha value is -0.690.